The molecule has 192 valence electrons. The van der Waals surface area contributed by atoms with Crippen LogP contribution in [0.25, 0.3) is 0 Å². The molecule has 4 aliphatic carbocycles. The molecule has 7 heteroatoms. The topological polar surface area (TPSA) is 46.2 Å². The molecule has 1 aromatic carbocycles. The molecule has 0 aromatic heterocycles. The second-order valence-electron chi connectivity index (χ2n) is 11.1. The molecule has 1 saturated heterocycles. The molecule has 6 rings (SSSR count). The first-order chi connectivity index (χ1) is 15.9. The first kappa shape index (κ1) is 26.4. The summed E-state index contributed by atoms with van der Waals surface area (Å²) in [7, 11) is 4.09. The molecule has 5 aliphatic rings. The highest BCUT2D eigenvalue weighted by atomic mass is 79.9. The average molecular weight is 542 g/mol. The molecule has 1 aliphatic heterocycles. The molecule has 34 heavy (non-hydrogen) atoms. The predicted molar refractivity (Wildman–Crippen MR) is 136 cm³/mol. The number of rotatable bonds is 10. The van der Waals surface area contributed by atoms with Crippen molar-refractivity contribution in [1.29, 1.82) is 0 Å². The highest BCUT2D eigenvalue weighted by molar-refractivity contribution is 8.93. The van der Waals surface area contributed by atoms with Crippen molar-refractivity contribution in [3.05, 3.63) is 29.8 Å². The maximum Gasteiger partial charge on any atom is 0.260 e. The fraction of sp³-hybridized carbons (Fsp3) is 0.778. The molecule has 3 atom stereocenters. The van der Waals surface area contributed by atoms with Gasteiger partial charge in [0.25, 0.3) is 5.79 Å². The van der Waals surface area contributed by atoms with Crippen LogP contribution in [0.2, 0.25) is 0 Å². The Kier molecular flexibility index (Phi) is 7.47. The van der Waals surface area contributed by atoms with Crippen molar-refractivity contribution in [2.24, 2.45) is 17.8 Å². The van der Waals surface area contributed by atoms with Gasteiger partial charge in [-0.15, -0.1) is 17.0 Å². The number of nitrogens with zero attached hydrogens (tertiary/aromatic N) is 1. The average Bonchev–Trinajstić information content (AvgIpc) is 2.79. The van der Waals surface area contributed by atoms with Crippen LogP contribution in [-0.2, 0) is 25.0 Å². The number of hydrogen-bond donors (Lipinski definition) is 0. The van der Waals surface area contributed by atoms with E-state index in [0.717, 1.165) is 54.9 Å². The second-order valence-corrected chi connectivity index (χ2v) is 11.1. The Morgan fingerprint density at radius 1 is 1.03 bits per heavy atom. The van der Waals surface area contributed by atoms with Crippen molar-refractivity contribution in [2.75, 3.05) is 47.0 Å². The summed E-state index contributed by atoms with van der Waals surface area (Å²) >= 11 is 0. The van der Waals surface area contributed by atoms with E-state index in [1.165, 1.54) is 19.3 Å². The van der Waals surface area contributed by atoms with Crippen LogP contribution >= 0.6 is 17.0 Å². The Labute approximate surface area is 215 Å². The zero-order chi connectivity index (χ0) is 23.3. The third-order valence-corrected chi connectivity index (χ3v) is 9.54. The molecule has 0 amide bonds. The summed E-state index contributed by atoms with van der Waals surface area (Å²) in [5, 5.41) is 0. The Hall–Kier alpha value is -0.700. The number of likely N-dealkylation sites (N-methyl/N-ethyl adjacent to an activating group) is 1. The lowest BCUT2D eigenvalue weighted by Crippen LogP contribution is -2.78. The Bertz CT molecular complexity index is 841. The minimum Gasteiger partial charge on any atom is -0.494 e. The van der Waals surface area contributed by atoms with Crippen LogP contribution in [0.3, 0.4) is 0 Å². The van der Waals surface area contributed by atoms with Crippen molar-refractivity contribution >= 4 is 17.0 Å². The molecule has 0 N–H and O–H groups in total. The lowest BCUT2D eigenvalue weighted by molar-refractivity contribution is -0.906. The van der Waals surface area contributed by atoms with Gasteiger partial charge in [-0.05, 0) is 70.9 Å². The van der Waals surface area contributed by atoms with Gasteiger partial charge >= 0.3 is 0 Å². The van der Waals surface area contributed by atoms with Gasteiger partial charge < -0.3 is 18.7 Å². The Morgan fingerprint density at radius 3 is 2.29 bits per heavy atom. The van der Waals surface area contributed by atoms with E-state index in [0.29, 0.717) is 24.4 Å². The molecular formula is C27H43BrNO5+. The lowest BCUT2D eigenvalue weighted by atomic mass is 9.45. The van der Waals surface area contributed by atoms with E-state index in [-0.39, 0.29) is 22.6 Å². The minimum atomic E-state index is -0.885. The molecule has 0 radical (unpaired) electrons. The maximum atomic E-state index is 6.79. The lowest BCUT2D eigenvalue weighted by Gasteiger charge is -2.70. The van der Waals surface area contributed by atoms with Crippen LogP contribution in [0.15, 0.2) is 24.3 Å². The number of methoxy groups -OCH3 is 1. The van der Waals surface area contributed by atoms with E-state index >= 15 is 0 Å². The summed E-state index contributed by atoms with van der Waals surface area (Å²) in [4.78, 5) is 12.1. The van der Waals surface area contributed by atoms with Crippen molar-refractivity contribution in [3.63, 3.8) is 0 Å². The molecule has 3 unspecified atom stereocenters. The zero-order valence-corrected chi connectivity index (χ0v) is 23.2. The first-order valence-electron chi connectivity index (χ1n) is 13.0. The zero-order valence-electron chi connectivity index (χ0n) is 21.5. The van der Waals surface area contributed by atoms with Gasteiger partial charge in [-0.3, -0.25) is 0 Å². The molecular weight excluding hydrogens is 498 g/mol. The SMILES string of the molecule is Br.CCOc1cccc(C2(OC)OOC23C2CC4CC3CC(OCC[N+](C)(CC)CC)(C4)C2)c1. The number of hydrogen-bond acceptors (Lipinski definition) is 5. The molecule has 6 nitrogen and oxygen atoms in total. The summed E-state index contributed by atoms with van der Waals surface area (Å²) in [6.45, 7) is 11.4. The summed E-state index contributed by atoms with van der Waals surface area (Å²) in [6, 6.07) is 8.15. The third kappa shape index (κ3) is 3.86. The van der Waals surface area contributed by atoms with Crippen LogP contribution in [0, 0.1) is 17.8 Å². The smallest absolute Gasteiger partial charge is 0.260 e. The van der Waals surface area contributed by atoms with Crippen molar-refractivity contribution in [2.45, 2.75) is 69.9 Å². The van der Waals surface area contributed by atoms with Crippen LogP contribution in [0.1, 0.15) is 58.4 Å². The van der Waals surface area contributed by atoms with Crippen LogP contribution in [0.5, 0.6) is 5.75 Å². The van der Waals surface area contributed by atoms with Gasteiger partial charge in [0.2, 0.25) is 0 Å². The molecule has 5 fully saturated rings. The van der Waals surface area contributed by atoms with Gasteiger partial charge in [-0.2, -0.15) is 4.89 Å². The van der Waals surface area contributed by atoms with E-state index in [9.17, 15) is 0 Å². The van der Waals surface area contributed by atoms with Crippen LogP contribution < -0.4 is 4.74 Å². The number of ether oxygens (including phenoxy) is 3. The van der Waals surface area contributed by atoms with Gasteiger partial charge in [0.15, 0.2) is 5.60 Å². The first-order valence-corrected chi connectivity index (χ1v) is 13.0. The van der Waals surface area contributed by atoms with E-state index in [2.05, 4.69) is 33.0 Å². The van der Waals surface area contributed by atoms with Crippen LogP contribution in [-0.4, -0.2) is 62.7 Å². The molecule has 4 bridgehead atoms. The van der Waals surface area contributed by atoms with Gasteiger partial charge in [0.1, 0.15) is 12.3 Å². The largest absolute Gasteiger partial charge is 0.494 e. The molecule has 1 spiro atoms. The quantitative estimate of drug-likeness (QED) is 0.299. The van der Waals surface area contributed by atoms with E-state index in [1.54, 1.807) is 7.11 Å². The van der Waals surface area contributed by atoms with E-state index < -0.39 is 11.4 Å². The predicted octanol–water partition coefficient (Wildman–Crippen LogP) is 5.24. The summed E-state index contributed by atoms with van der Waals surface area (Å²) < 4.78 is 19.9. The minimum absolute atomic E-state index is 0. The highest BCUT2D eigenvalue weighted by Crippen LogP contribution is 2.70. The van der Waals surface area contributed by atoms with Gasteiger partial charge in [0.05, 0.1) is 39.0 Å². The van der Waals surface area contributed by atoms with E-state index in [4.69, 9.17) is 24.0 Å². The van der Waals surface area contributed by atoms with Crippen molar-refractivity contribution < 1.29 is 28.5 Å². The van der Waals surface area contributed by atoms with Gasteiger partial charge in [0, 0.05) is 24.5 Å². The summed E-state index contributed by atoms with van der Waals surface area (Å²) in [5.74, 6) is 1.40. The maximum absolute atomic E-state index is 6.79. The third-order valence-electron chi connectivity index (χ3n) is 9.54. The normalized spacial score (nSPS) is 38.0. The number of halogens is 1. The van der Waals surface area contributed by atoms with Crippen molar-refractivity contribution in [3.8, 4) is 5.75 Å². The molecule has 1 heterocycles. The molecule has 4 saturated carbocycles. The highest BCUT2D eigenvalue weighted by Gasteiger charge is 2.78. The Balaban J connectivity index is 0.00000274. The van der Waals surface area contributed by atoms with Crippen LogP contribution in [0.4, 0.5) is 0 Å². The Morgan fingerprint density at radius 2 is 1.74 bits per heavy atom. The van der Waals surface area contributed by atoms with Gasteiger partial charge in [-0.25, -0.2) is 4.89 Å². The fourth-order valence-electron chi connectivity index (χ4n) is 7.52. The fourth-order valence-corrected chi connectivity index (χ4v) is 7.52. The second kappa shape index (κ2) is 9.64. The van der Waals surface area contributed by atoms with E-state index in [1.807, 2.05) is 19.1 Å². The summed E-state index contributed by atoms with van der Waals surface area (Å²) in [5.41, 5.74) is 0.525. The summed E-state index contributed by atoms with van der Waals surface area (Å²) in [6.07, 6.45) is 5.58. The monoisotopic (exact) mass is 540 g/mol. The van der Waals surface area contributed by atoms with Crippen molar-refractivity contribution in [1.82, 2.24) is 0 Å². The number of benzene rings is 1. The van der Waals surface area contributed by atoms with Gasteiger partial charge in [-0.1, -0.05) is 12.1 Å². The standard InChI is InChI=1S/C27H42NO5.BrH/c1-6-28(4,7-2)12-13-31-25-17-20-14-22(18-25)26(23(15-20)19-25)27(29-5,33-32-26)21-10-9-11-24(16-21)30-8-3;/h9-11,16,20,22-23H,6-8,12-15,17-19H2,1-5H3;1H/q+1;. The number of quaternary nitrogens is 1. The molecule has 1 aromatic rings.